The molecule has 0 saturated carbocycles. The summed E-state index contributed by atoms with van der Waals surface area (Å²) in [5, 5.41) is 28.6. The Labute approximate surface area is 158 Å². The van der Waals surface area contributed by atoms with E-state index in [0.717, 1.165) is 4.57 Å². The van der Waals surface area contributed by atoms with Crippen molar-refractivity contribution in [1.82, 2.24) is 4.57 Å². The van der Waals surface area contributed by atoms with Gasteiger partial charge in [0.2, 0.25) is 0 Å². The van der Waals surface area contributed by atoms with Crippen LogP contribution in [0, 0.1) is 0 Å². The minimum absolute atomic E-state index is 0.0453. The van der Waals surface area contributed by atoms with Crippen LogP contribution in [0.1, 0.15) is 55.5 Å². The molecule has 0 aliphatic heterocycles. The molecule has 0 fully saturated rings. The number of aromatic nitrogens is 1. The van der Waals surface area contributed by atoms with Gasteiger partial charge in [-0.3, -0.25) is 4.57 Å². The summed E-state index contributed by atoms with van der Waals surface area (Å²) in [6.07, 6.45) is -0.657. The number of methoxy groups -OCH3 is 1. The lowest BCUT2D eigenvalue weighted by Gasteiger charge is -2.14. The maximum Gasteiger partial charge on any atom is 0.356 e. The van der Waals surface area contributed by atoms with Crippen molar-refractivity contribution < 1.29 is 44.0 Å². The van der Waals surface area contributed by atoms with Gasteiger partial charge in [-0.15, -0.1) is 0 Å². The Balaban J connectivity index is 2.98. The topological polar surface area (TPSA) is 152 Å². The summed E-state index contributed by atoms with van der Waals surface area (Å²) < 4.78 is 10.8. The van der Waals surface area contributed by atoms with Gasteiger partial charge in [0.1, 0.15) is 28.3 Å². The van der Waals surface area contributed by atoms with E-state index in [4.69, 9.17) is 9.47 Å². The number of aromatic carboxylic acids is 3. The van der Waals surface area contributed by atoms with Crippen LogP contribution in [0.15, 0.2) is 24.3 Å². The van der Waals surface area contributed by atoms with E-state index >= 15 is 0 Å². The second-order valence-electron chi connectivity index (χ2n) is 5.85. The third-order valence-corrected chi connectivity index (χ3v) is 3.67. The first-order valence-electron chi connectivity index (χ1n) is 7.94. The van der Waals surface area contributed by atoms with Crippen molar-refractivity contribution in [3.8, 4) is 11.4 Å². The van der Waals surface area contributed by atoms with Gasteiger partial charge in [0.15, 0.2) is 0 Å². The van der Waals surface area contributed by atoms with Crippen molar-refractivity contribution in [2.24, 2.45) is 0 Å². The molecule has 1 heterocycles. The zero-order valence-electron chi connectivity index (χ0n) is 15.1. The monoisotopic (exact) mass is 391 g/mol. The molecule has 1 aromatic carbocycles. The number of hydrogen-bond acceptors (Lipinski definition) is 6. The number of nitrogens with zero attached hydrogens (tertiary/aromatic N) is 1. The van der Waals surface area contributed by atoms with Gasteiger partial charge in [-0.05, 0) is 38.1 Å². The number of esters is 1. The van der Waals surface area contributed by atoms with Crippen LogP contribution in [0.3, 0.4) is 0 Å². The third kappa shape index (κ3) is 3.65. The smallest absolute Gasteiger partial charge is 0.356 e. The summed E-state index contributed by atoms with van der Waals surface area (Å²) in [7, 11) is 1.41. The van der Waals surface area contributed by atoms with E-state index in [1.807, 2.05) is 0 Å². The lowest BCUT2D eigenvalue weighted by atomic mass is 10.1. The summed E-state index contributed by atoms with van der Waals surface area (Å²) in [4.78, 5) is 47.9. The zero-order valence-corrected chi connectivity index (χ0v) is 15.1. The van der Waals surface area contributed by atoms with Gasteiger partial charge in [0.05, 0.1) is 13.2 Å². The largest absolute Gasteiger partial charge is 0.497 e. The van der Waals surface area contributed by atoms with Crippen LogP contribution in [-0.2, 0) is 4.74 Å². The highest BCUT2D eigenvalue weighted by Crippen LogP contribution is 2.30. The molecule has 2 aromatic rings. The molecule has 0 atom stereocenters. The highest BCUT2D eigenvalue weighted by atomic mass is 16.5. The Hall–Kier alpha value is -3.82. The highest BCUT2D eigenvalue weighted by Gasteiger charge is 2.38. The summed E-state index contributed by atoms with van der Waals surface area (Å²) in [6, 6.07) is 5.60. The predicted molar refractivity (Wildman–Crippen MR) is 93.8 cm³/mol. The molecular formula is C18H17NO9. The average molecular weight is 391 g/mol. The summed E-state index contributed by atoms with van der Waals surface area (Å²) >= 11 is 0. The standard InChI is InChI=1S/C18H17NO9/c1-8(2)28-18(26)14-12(16(22)23)11(15(20)21)13(17(24)25)19(14)9-4-6-10(27-3)7-5-9/h4-8H,1-3H3,(H,20,21)(H,22,23)(H,24,25). The number of carbonyl (C=O) groups excluding carboxylic acids is 1. The normalized spacial score (nSPS) is 10.6. The van der Waals surface area contributed by atoms with Gasteiger partial charge in [-0.1, -0.05) is 0 Å². The van der Waals surface area contributed by atoms with Crippen LogP contribution >= 0.6 is 0 Å². The van der Waals surface area contributed by atoms with Crippen LogP contribution in [0.4, 0.5) is 0 Å². The average Bonchev–Trinajstić information content (AvgIpc) is 2.98. The molecule has 0 aliphatic rings. The van der Waals surface area contributed by atoms with Crippen LogP contribution < -0.4 is 4.74 Å². The molecule has 0 saturated heterocycles. The van der Waals surface area contributed by atoms with E-state index in [1.165, 1.54) is 45.2 Å². The first kappa shape index (κ1) is 20.5. The number of carbonyl (C=O) groups is 4. The Morgan fingerprint density at radius 1 is 0.857 bits per heavy atom. The van der Waals surface area contributed by atoms with Crippen molar-refractivity contribution in [2.45, 2.75) is 20.0 Å². The van der Waals surface area contributed by atoms with Gasteiger partial charge in [0.25, 0.3) is 0 Å². The van der Waals surface area contributed by atoms with Crippen molar-refractivity contribution >= 4 is 23.9 Å². The molecule has 0 aliphatic carbocycles. The second-order valence-corrected chi connectivity index (χ2v) is 5.85. The predicted octanol–water partition coefficient (Wildman–Crippen LogP) is 2.15. The molecule has 0 spiro atoms. The van der Waals surface area contributed by atoms with E-state index < -0.39 is 52.5 Å². The van der Waals surface area contributed by atoms with E-state index in [-0.39, 0.29) is 5.69 Å². The highest BCUT2D eigenvalue weighted by molar-refractivity contribution is 6.14. The van der Waals surface area contributed by atoms with Crippen molar-refractivity contribution in [1.29, 1.82) is 0 Å². The van der Waals surface area contributed by atoms with Crippen LogP contribution in [0.2, 0.25) is 0 Å². The lowest BCUT2D eigenvalue weighted by Crippen LogP contribution is -2.20. The minimum atomic E-state index is -1.80. The summed E-state index contributed by atoms with van der Waals surface area (Å²) in [6.45, 7) is 3.02. The molecule has 2 rings (SSSR count). The molecule has 1 aromatic heterocycles. The zero-order chi connectivity index (χ0) is 21.2. The van der Waals surface area contributed by atoms with Crippen molar-refractivity contribution in [3.05, 3.63) is 46.8 Å². The molecule has 0 bridgehead atoms. The number of benzene rings is 1. The molecular weight excluding hydrogens is 374 g/mol. The maximum absolute atomic E-state index is 12.6. The van der Waals surface area contributed by atoms with Gasteiger partial charge in [-0.2, -0.15) is 0 Å². The molecule has 28 heavy (non-hydrogen) atoms. The second kappa shape index (κ2) is 7.82. The Morgan fingerprint density at radius 3 is 1.75 bits per heavy atom. The number of ether oxygens (including phenoxy) is 2. The van der Waals surface area contributed by atoms with Crippen molar-refractivity contribution in [2.75, 3.05) is 7.11 Å². The van der Waals surface area contributed by atoms with E-state index in [1.54, 1.807) is 0 Å². The van der Waals surface area contributed by atoms with Crippen molar-refractivity contribution in [3.63, 3.8) is 0 Å². The molecule has 0 radical (unpaired) electrons. The van der Waals surface area contributed by atoms with E-state index in [9.17, 15) is 34.5 Å². The fourth-order valence-electron chi connectivity index (χ4n) is 2.64. The first-order chi connectivity index (χ1) is 13.1. The van der Waals surface area contributed by atoms with Gasteiger partial charge < -0.3 is 24.8 Å². The molecule has 10 heteroatoms. The number of rotatable bonds is 7. The SMILES string of the molecule is COc1ccc(-n2c(C(=O)O)c(C(=O)O)c(C(=O)O)c2C(=O)OC(C)C)cc1. The van der Waals surface area contributed by atoms with E-state index in [2.05, 4.69) is 0 Å². The van der Waals surface area contributed by atoms with Crippen LogP contribution in [0.25, 0.3) is 5.69 Å². The number of hydrogen-bond donors (Lipinski definition) is 3. The van der Waals surface area contributed by atoms with Gasteiger partial charge in [-0.25, -0.2) is 19.2 Å². The Kier molecular flexibility index (Phi) is 5.73. The maximum atomic E-state index is 12.6. The van der Waals surface area contributed by atoms with Crippen LogP contribution in [0.5, 0.6) is 5.75 Å². The lowest BCUT2D eigenvalue weighted by molar-refractivity contribution is 0.0361. The molecule has 148 valence electrons. The Morgan fingerprint density at radius 2 is 1.36 bits per heavy atom. The minimum Gasteiger partial charge on any atom is -0.497 e. The number of carboxylic acid groups (broad SMARTS) is 3. The van der Waals surface area contributed by atoms with Gasteiger partial charge >= 0.3 is 23.9 Å². The molecule has 0 unspecified atom stereocenters. The summed E-state index contributed by atoms with van der Waals surface area (Å²) in [5.41, 5.74) is -3.53. The van der Waals surface area contributed by atoms with Crippen LogP contribution in [-0.4, -0.2) is 57.0 Å². The fourth-order valence-corrected chi connectivity index (χ4v) is 2.64. The molecule has 0 amide bonds. The van der Waals surface area contributed by atoms with Gasteiger partial charge in [0, 0.05) is 5.69 Å². The molecule has 3 N–H and O–H groups in total. The fraction of sp³-hybridized carbons (Fsp3) is 0.222. The first-order valence-corrected chi connectivity index (χ1v) is 7.94. The quantitative estimate of drug-likeness (QED) is 0.603. The van der Waals surface area contributed by atoms with E-state index in [0.29, 0.717) is 5.75 Å². The third-order valence-electron chi connectivity index (χ3n) is 3.67. The number of carboxylic acids is 3. The molecule has 10 nitrogen and oxygen atoms in total. The summed E-state index contributed by atoms with van der Waals surface area (Å²) in [5.74, 6) is -6.06. The Bertz CT molecular complexity index is 954.